The summed E-state index contributed by atoms with van der Waals surface area (Å²) in [5.74, 6) is -0.287. The number of hydrogen-bond acceptors (Lipinski definition) is 6. The van der Waals surface area contributed by atoms with Gasteiger partial charge in [0.1, 0.15) is 10.1 Å². The van der Waals surface area contributed by atoms with Crippen molar-refractivity contribution in [2.75, 3.05) is 0 Å². The number of thioether (sulfide) groups is 1. The zero-order chi connectivity index (χ0) is 24.5. The van der Waals surface area contributed by atoms with Crippen LogP contribution < -0.4 is 4.74 Å². The zero-order valence-electron chi connectivity index (χ0n) is 17.7. The van der Waals surface area contributed by atoms with Crippen LogP contribution in [0.4, 0.5) is 18.9 Å². The van der Waals surface area contributed by atoms with Crippen molar-refractivity contribution in [3.05, 3.63) is 68.6 Å². The van der Waals surface area contributed by atoms with Crippen LogP contribution in [0.25, 0.3) is 6.08 Å². The average Bonchev–Trinajstić information content (AvgIpc) is 3.06. The van der Waals surface area contributed by atoms with Gasteiger partial charge in [-0.1, -0.05) is 55.4 Å². The van der Waals surface area contributed by atoms with Crippen molar-refractivity contribution in [3.63, 3.8) is 0 Å². The standard InChI is InChI=1S/C23H19F3N2O4S2/c24-23(25,26)15-9-10-19(18(13-15)28(30)31)32-17-8-4-5-14(11-17)12-20-21(29)27(22(33)34-20)16-6-2-1-3-7-16/h4-5,8-13,16H,1-3,6-7H2/b20-12-. The van der Waals surface area contributed by atoms with E-state index in [2.05, 4.69) is 0 Å². The van der Waals surface area contributed by atoms with Crippen LogP contribution in [-0.2, 0) is 11.0 Å². The van der Waals surface area contributed by atoms with Crippen LogP contribution in [0, 0.1) is 10.1 Å². The number of amides is 1. The van der Waals surface area contributed by atoms with Gasteiger partial charge in [0.2, 0.25) is 5.75 Å². The molecule has 1 amide bonds. The Balaban J connectivity index is 1.56. The van der Waals surface area contributed by atoms with Gasteiger partial charge in [0.25, 0.3) is 5.91 Å². The van der Waals surface area contributed by atoms with Crippen molar-refractivity contribution < 1.29 is 27.6 Å². The number of halogens is 3. The van der Waals surface area contributed by atoms with Gasteiger partial charge in [0.05, 0.1) is 15.4 Å². The second kappa shape index (κ2) is 9.75. The van der Waals surface area contributed by atoms with E-state index in [0.29, 0.717) is 20.9 Å². The van der Waals surface area contributed by atoms with Crippen molar-refractivity contribution in [2.24, 2.45) is 0 Å². The number of nitro benzene ring substituents is 1. The smallest absolute Gasteiger partial charge is 0.416 e. The average molecular weight is 509 g/mol. The van der Waals surface area contributed by atoms with Crippen LogP contribution in [0.2, 0.25) is 0 Å². The van der Waals surface area contributed by atoms with Crippen LogP contribution in [0.5, 0.6) is 11.5 Å². The SMILES string of the molecule is O=C1/C(=C/c2cccc(Oc3ccc(C(F)(F)F)cc3[N+](=O)[O-])c2)SC(=S)N1C1CCCCC1. The molecule has 0 unspecified atom stereocenters. The third kappa shape index (κ3) is 5.25. The lowest BCUT2D eigenvalue weighted by atomic mass is 9.94. The molecule has 0 atom stereocenters. The summed E-state index contributed by atoms with van der Waals surface area (Å²) in [6.45, 7) is 0. The summed E-state index contributed by atoms with van der Waals surface area (Å²) in [5, 5.41) is 11.3. The molecule has 0 radical (unpaired) electrons. The number of hydrogen-bond donors (Lipinski definition) is 0. The Morgan fingerprint density at radius 3 is 2.56 bits per heavy atom. The van der Waals surface area contributed by atoms with Crippen molar-refractivity contribution in [3.8, 4) is 11.5 Å². The summed E-state index contributed by atoms with van der Waals surface area (Å²) >= 11 is 6.66. The first kappa shape index (κ1) is 24.2. The van der Waals surface area contributed by atoms with E-state index in [1.807, 2.05) is 0 Å². The highest BCUT2D eigenvalue weighted by Crippen LogP contribution is 2.39. The van der Waals surface area contributed by atoms with Gasteiger partial charge in [0.15, 0.2) is 0 Å². The van der Waals surface area contributed by atoms with Crippen LogP contribution in [0.15, 0.2) is 47.4 Å². The predicted octanol–water partition coefficient (Wildman–Crippen LogP) is 6.94. The fourth-order valence-corrected chi connectivity index (χ4v) is 5.40. The Kier molecular flexibility index (Phi) is 6.94. The van der Waals surface area contributed by atoms with E-state index in [-0.39, 0.29) is 23.4 Å². The van der Waals surface area contributed by atoms with E-state index >= 15 is 0 Å². The number of benzene rings is 2. The van der Waals surface area contributed by atoms with Crippen LogP contribution >= 0.6 is 24.0 Å². The Morgan fingerprint density at radius 1 is 1.15 bits per heavy atom. The van der Waals surface area contributed by atoms with E-state index in [0.717, 1.165) is 44.2 Å². The molecule has 1 saturated carbocycles. The van der Waals surface area contributed by atoms with Gasteiger partial charge in [-0.3, -0.25) is 19.8 Å². The van der Waals surface area contributed by atoms with Gasteiger partial charge in [0, 0.05) is 12.1 Å². The minimum absolute atomic E-state index is 0.113. The lowest BCUT2D eigenvalue weighted by molar-refractivity contribution is -0.385. The molecule has 2 fully saturated rings. The van der Waals surface area contributed by atoms with Gasteiger partial charge in [-0.25, -0.2) is 0 Å². The molecule has 34 heavy (non-hydrogen) atoms. The molecule has 1 aliphatic heterocycles. The minimum atomic E-state index is -4.72. The van der Waals surface area contributed by atoms with Gasteiger partial charge in [-0.15, -0.1) is 0 Å². The molecule has 0 aromatic heterocycles. The first-order valence-corrected chi connectivity index (χ1v) is 11.8. The number of ether oxygens (including phenoxy) is 1. The molecule has 4 rings (SSSR count). The topological polar surface area (TPSA) is 72.7 Å². The fraction of sp³-hybridized carbons (Fsp3) is 0.304. The summed E-state index contributed by atoms with van der Waals surface area (Å²) in [6, 6.07) is 8.62. The van der Waals surface area contributed by atoms with E-state index in [4.69, 9.17) is 17.0 Å². The number of carbonyl (C=O) groups excluding carboxylic acids is 1. The summed E-state index contributed by atoms with van der Waals surface area (Å²) in [6.07, 6.45) is 2.09. The molecule has 0 spiro atoms. The van der Waals surface area contributed by atoms with E-state index in [1.165, 1.54) is 17.8 Å². The van der Waals surface area contributed by atoms with Gasteiger partial charge >= 0.3 is 11.9 Å². The number of rotatable bonds is 5. The molecule has 1 heterocycles. The summed E-state index contributed by atoms with van der Waals surface area (Å²) in [5.41, 5.74) is -1.34. The maximum atomic E-state index is 13.0. The highest BCUT2D eigenvalue weighted by atomic mass is 32.2. The normalized spacial score (nSPS) is 18.6. The van der Waals surface area contributed by atoms with E-state index in [1.54, 1.807) is 29.2 Å². The lowest BCUT2D eigenvalue weighted by Crippen LogP contribution is -2.39. The quantitative estimate of drug-likeness (QED) is 0.189. The highest BCUT2D eigenvalue weighted by Gasteiger charge is 2.37. The Hall–Kier alpha value is -2.92. The third-order valence-electron chi connectivity index (χ3n) is 5.63. The maximum absolute atomic E-state index is 13.0. The number of nitro groups is 1. The molecular formula is C23H19F3N2O4S2. The summed E-state index contributed by atoms with van der Waals surface area (Å²) in [4.78, 5) is 25.5. The number of thiocarbonyl (C=S) groups is 1. The maximum Gasteiger partial charge on any atom is 0.416 e. The van der Waals surface area contributed by atoms with Crippen molar-refractivity contribution in [1.29, 1.82) is 0 Å². The lowest BCUT2D eigenvalue weighted by Gasteiger charge is -2.29. The van der Waals surface area contributed by atoms with Crippen LogP contribution in [0.3, 0.4) is 0 Å². The highest BCUT2D eigenvalue weighted by molar-refractivity contribution is 8.26. The minimum Gasteiger partial charge on any atom is -0.450 e. The van der Waals surface area contributed by atoms with Crippen molar-refractivity contribution >= 4 is 46.0 Å². The van der Waals surface area contributed by atoms with Crippen LogP contribution in [0.1, 0.15) is 43.2 Å². The van der Waals surface area contributed by atoms with E-state index in [9.17, 15) is 28.1 Å². The Labute approximate surface area is 202 Å². The third-order valence-corrected chi connectivity index (χ3v) is 6.96. The second-order valence-electron chi connectivity index (χ2n) is 7.96. The number of carbonyl (C=O) groups is 1. The predicted molar refractivity (Wildman–Crippen MR) is 126 cm³/mol. The largest absolute Gasteiger partial charge is 0.450 e. The molecule has 2 aromatic rings. The van der Waals surface area contributed by atoms with Gasteiger partial charge < -0.3 is 4.74 Å². The molecule has 0 bridgehead atoms. The number of alkyl halides is 3. The number of nitrogens with zero attached hydrogens (tertiary/aromatic N) is 2. The zero-order valence-corrected chi connectivity index (χ0v) is 19.3. The molecule has 6 nitrogen and oxygen atoms in total. The summed E-state index contributed by atoms with van der Waals surface area (Å²) < 4.78 is 44.9. The van der Waals surface area contributed by atoms with Gasteiger partial charge in [-0.05, 0) is 48.7 Å². The molecule has 0 N–H and O–H groups in total. The molecule has 178 valence electrons. The molecule has 2 aromatic carbocycles. The first-order chi connectivity index (χ1) is 16.1. The monoisotopic (exact) mass is 508 g/mol. The van der Waals surface area contributed by atoms with E-state index < -0.39 is 22.4 Å². The first-order valence-electron chi connectivity index (χ1n) is 10.5. The molecule has 11 heteroatoms. The Bertz CT molecular complexity index is 1180. The molecule has 2 aliphatic rings. The van der Waals surface area contributed by atoms with Gasteiger partial charge in [-0.2, -0.15) is 13.2 Å². The molecule has 1 saturated heterocycles. The fourth-order valence-electron chi connectivity index (χ4n) is 4.00. The Morgan fingerprint density at radius 2 is 1.88 bits per heavy atom. The second-order valence-corrected chi connectivity index (χ2v) is 9.63. The van der Waals surface area contributed by atoms with Crippen molar-refractivity contribution in [1.82, 2.24) is 4.90 Å². The van der Waals surface area contributed by atoms with Crippen LogP contribution in [-0.4, -0.2) is 26.1 Å². The summed E-state index contributed by atoms with van der Waals surface area (Å²) in [7, 11) is 0. The van der Waals surface area contributed by atoms with Crippen molar-refractivity contribution in [2.45, 2.75) is 44.3 Å². The molecular weight excluding hydrogens is 489 g/mol. The molecule has 1 aliphatic carbocycles.